The summed E-state index contributed by atoms with van der Waals surface area (Å²) in [5, 5.41) is 15.2. The summed E-state index contributed by atoms with van der Waals surface area (Å²) in [4.78, 5) is 39.9. The maximum absolute atomic E-state index is 13.5. The Labute approximate surface area is 197 Å². The quantitative estimate of drug-likeness (QED) is 0.551. The van der Waals surface area contributed by atoms with Crippen LogP contribution in [0.25, 0.3) is 0 Å². The van der Waals surface area contributed by atoms with E-state index in [2.05, 4.69) is 10.6 Å². The van der Waals surface area contributed by atoms with Crippen LogP contribution in [0.5, 0.6) is 0 Å². The van der Waals surface area contributed by atoms with E-state index in [1.807, 2.05) is 32.0 Å². The summed E-state index contributed by atoms with van der Waals surface area (Å²) >= 11 is 0. The Kier molecular flexibility index (Phi) is 9.70. The molecule has 0 bridgehead atoms. The monoisotopic (exact) mass is 461 g/mol. The van der Waals surface area contributed by atoms with Crippen LogP contribution in [0.1, 0.15) is 75.6 Å². The molecule has 184 valence electrons. The van der Waals surface area contributed by atoms with E-state index >= 15 is 0 Å². The van der Waals surface area contributed by atoms with Gasteiger partial charge >= 0.3 is 6.09 Å². The summed E-state index contributed by atoms with van der Waals surface area (Å²) in [6, 6.07) is 4.83. The van der Waals surface area contributed by atoms with Crippen LogP contribution in [0, 0.1) is 13.8 Å². The Morgan fingerprint density at radius 2 is 1.79 bits per heavy atom. The average molecular weight is 462 g/mol. The van der Waals surface area contributed by atoms with Gasteiger partial charge in [-0.25, -0.2) is 4.79 Å². The van der Waals surface area contributed by atoms with Crippen molar-refractivity contribution in [3.63, 3.8) is 0 Å². The van der Waals surface area contributed by atoms with Gasteiger partial charge in [0, 0.05) is 12.6 Å². The number of nitrogens with one attached hydrogen (secondary N) is 2. The van der Waals surface area contributed by atoms with Crippen LogP contribution in [0.15, 0.2) is 18.2 Å². The van der Waals surface area contributed by atoms with Gasteiger partial charge in [-0.3, -0.25) is 9.59 Å². The van der Waals surface area contributed by atoms with Crippen molar-refractivity contribution in [2.75, 3.05) is 19.7 Å². The summed E-state index contributed by atoms with van der Waals surface area (Å²) in [5.41, 5.74) is 2.06. The van der Waals surface area contributed by atoms with E-state index in [9.17, 15) is 19.5 Å². The topological polar surface area (TPSA) is 108 Å². The van der Waals surface area contributed by atoms with Gasteiger partial charge in [-0.2, -0.15) is 0 Å². The Balaban J connectivity index is 2.27. The van der Waals surface area contributed by atoms with Crippen LogP contribution >= 0.6 is 0 Å². The zero-order valence-corrected chi connectivity index (χ0v) is 20.6. The van der Waals surface area contributed by atoms with Crippen LogP contribution in [0.2, 0.25) is 0 Å². The first kappa shape index (κ1) is 26.6. The lowest BCUT2D eigenvalue weighted by molar-refractivity contribution is -0.141. The molecule has 8 heteroatoms. The van der Waals surface area contributed by atoms with Gasteiger partial charge in [0.2, 0.25) is 11.8 Å². The highest BCUT2D eigenvalue weighted by atomic mass is 16.6. The number of aliphatic hydroxyl groups is 1. The predicted molar refractivity (Wildman–Crippen MR) is 127 cm³/mol. The highest BCUT2D eigenvalue weighted by Gasteiger charge is 2.33. The minimum atomic E-state index is -0.911. The molecule has 1 unspecified atom stereocenters. The third-order valence-corrected chi connectivity index (χ3v) is 5.80. The largest absolute Gasteiger partial charge is 0.444 e. The standard InChI is InChI=1S/C25H39N3O5/c1-17-11-12-19(15-18(17)2)22(23(31)27-20-9-7-6-8-10-20)28(13-14-29)21(30)16-26-24(32)33-25(3,4)5/h11-12,15,20,22,29H,6-10,13-14,16H2,1-5H3,(H,26,32)(H,27,31). The number of alkyl carbamates (subject to hydrolysis) is 1. The fraction of sp³-hybridized carbons (Fsp3) is 0.640. The second kappa shape index (κ2) is 12.0. The summed E-state index contributed by atoms with van der Waals surface area (Å²) in [6.45, 7) is 8.45. The molecule has 2 rings (SSSR count). The van der Waals surface area contributed by atoms with Crippen molar-refractivity contribution in [1.82, 2.24) is 15.5 Å². The molecule has 0 aromatic heterocycles. The lowest BCUT2D eigenvalue weighted by atomic mass is 9.94. The molecule has 0 saturated heterocycles. The number of aryl methyl sites for hydroxylation is 2. The molecule has 1 aromatic rings. The number of benzene rings is 1. The van der Waals surface area contributed by atoms with E-state index in [1.165, 1.54) is 11.3 Å². The fourth-order valence-electron chi connectivity index (χ4n) is 4.00. The number of carbonyl (C=O) groups is 3. The summed E-state index contributed by atoms with van der Waals surface area (Å²) < 4.78 is 5.20. The lowest BCUT2D eigenvalue weighted by Gasteiger charge is -2.33. The van der Waals surface area contributed by atoms with E-state index in [-0.39, 0.29) is 31.6 Å². The molecule has 1 aliphatic rings. The molecule has 0 aliphatic heterocycles. The molecular weight excluding hydrogens is 422 g/mol. The molecule has 0 spiro atoms. The normalized spacial score (nSPS) is 15.5. The van der Waals surface area contributed by atoms with E-state index in [0.717, 1.165) is 36.8 Å². The van der Waals surface area contributed by atoms with Crippen LogP contribution in [-0.2, 0) is 14.3 Å². The number of hydrogen-bond acceptors (Lipinski definition) is 5. The number of nitrogens with zero attached hydrogens (tertiary/aromatic N) is 1. The maximum Gasteiger partial charge on any atom is 0.408 e. The van der Waals surface area contributed by atoms with Crippen LogP contribution in [-0.4, -0.2) is 59.3 Å². The van der Waals surface area contributed by atoms with E-state index < -0.39 is 23.6 Å². The molecule has 1 aliphatic carbocycles. The van der Waals surface area contributed by atoms with E-state index in [1.54, 1.807) is 20.8 Å². The smallest absolute Gasteiger partial charge is 0.408 e. The first-order chi connectivity index (χ1) is 15.5. The average Bonchev–Trinajstić information content (AvgIpc) is 2.73. The molecule has 1 fully saturated rings. The highest BCUT2D eigenvalue weighted by molar-refractivity contribution is 5.90. The molecule has 0 radical (unpaired) electrons. The number of amides is 3. The van der Waals surface area contributed by atoms with Crippen LogP contribution in [0.3, 0.4) is 0 Å². The second-order valence-corrected chi connectivity index (χ2v) is 9.76. The van der Waals surface area contributed by atoms with Crippen molar-refractivity contribution in [2.24, 2.45) is 0 Å². The van der Waals surface area contributed by atoms with Gasteiger partial charge in [-0.15, -0.1) is 0 Å². The van der Waals surface area contributed by atoms with Gasteiger partial charge in [0.15, 0.2) is 0 Å². The molecule has 0 heterocycles. The van der Waals surface area contributed by atoms with Crippen molar-refractivity contribution in [2.45, 2.75) is 84.4 Å². The molecule has 1 atom stereocenters. The molecule has 33 heavy (non-hydrogen) atoms. The summed E-state index contributed by atoms with van der Waals surface area (Å²) in [7, 11) is 0. The number of ether oxygens (including phenoxy) is 1. The third-order valence-electron chi connectivity index (χ3n) is 5.80. The highest BCUT2D eigenvalue weighted by Crippen LogP contribution is 2.25. The predicted octanol–water partition coefficient (Wildman–Crippen LogP) is 3.14. The van der Waals surface area contributed by atoms with Crippen molar-refractivity contribution < 1.29 is 24.2 Å². The van der Waals surface area contributed by atoms with Gasteiger partial charge in [-0.05, 0) is 64.2 Å². The molecule has 1 saturated carbocycles. The SMILES string of the molecule is Cc1ccc(C(C(=O)NC2CCCCC2)N(CCO)C(=O)CNC(=O)OC(C)(C)C)cc1C. The third kappa shape index (κ3) is 8.35. The maximum atomic E-state index is 13.5. The van der Waals surface area contributed by atoms with Crippen LogP contribution < -0.4 is 10.6 Å². The Bertz CT molecular complexity index is 828. The number of carbonyl (C=O) groups excluding carboxylic acids is 3. The van der Waals surface area contributed by atoms with Crippen molar-refractivity contribution in [3.8, 4) is 0 Å². The minimum Gasteiger partial charge on any atom is -0.444 e. The van der Waals surface area contributed by atoms with Gasteiger partial charge in [-0.1, -0.05) is 37.5 Å². The number of rotatable bonds is 8. The Morgan fingerprint density at radius 1 is 1.12 bits per heavy atom. The zero-order chi connectivity index (χ0) is 24.6. The zero-order valence-electron chi connectivity index (χ0n) is 20.6. The molecule has 3 amide bonds. The minimum absolute atomic E-state index is 0.0372. The molecule has 8 nitrogen and oxygen atoms in total. The second-order valence-electron chi connectivity index (χ2n) is 9.76. The lowest BCUT2D eigenvalue weighted by Crippen LogP contribution is -2.50. The summed E-state index contributed by atoms with van der Waals surface area (Å²) in [5.74, 6) is -0.749. The molecule has 3 N–H and O–H groups in total. The van der Waals surface area contributed by atoms with Gasteiger partial charge in [0.05, 0.1) is 6.61 Å². The van der Waals surface area contributed by atoms with Crippen molar-refractivity contribution in [1.29, 1.82) is 0 Å². The van der Waals surface area contributed by atoms with Crippen molar-refractivity contribution >= 4 is 17.9 Å². The first-order valence-corrected chi connectivity index (χ1v) is 11.8. The van der Waals surface area contributed by atoms with Gasteiger partial charge in [0.1, 0.15) is 18.2 Å². The fourth-order valence-corrected chi connectivity index (χ4v) is 4.00. The van der Waals surface area contributed by atoms with Gasteiger partial charge < -0.3 is 25.4 Å². The van der Waals surface area contributed by atoms with E-state index in [0.29, 0.717) is 5.56 Å². The first-order valence-electron chi connectivity index (χ1n) is 11.8. The molecule has 1 aromatic carbocycles. The van der Waals surface area contributed by atoms with Crippen molar-refractivity contribution in [3.05, 3.63) is 34.9 Å². The van der Waals surface area contributed by atoms with E-state index in [4.69, 9.17) is 4.74 Å². The van der Waals surface area contributed by atoms with Gasteiger partial charge in [0.25, 0.3) is 0 Å². The Hall–Kier alpha value is -2.61. The molecular formula is C25H39N3O5. The summed E-state index contributed by atoms with van der Waals surface area (Å²) in [6.07, 6.45) is 4.42. The number of aliphatic hydroxyl groups excluding tert-OH is 1. The van der Waals surface area contributed by atoms with Crippen LogP contribution in [0.4, 0.5) is 4.79 Å². The number of hydrogen-bond donors (Lipinski definition) is 3. The Morgan fingerprint density at radius 3 is 2.36 bits per heavy atom.